The Hall–Kier alpha value is -1.34. The minimum absolute atomic E-state index is 0.0836. The summed E-state index contributed by atoms with van der Waals surface area (Å²) in [6.07, 6.45) is -1.55. The van der Waals surface area contributed by atoms with Gasteiger partial charge in [0.25, 0.3) is 0 Å². The molecule has 1 aliphatic heterocycles. The van der Waals surface area contributed by atoms with Gasteiger partial charge in [-0.1, -0.05) is 12.1 Å². The Labute approximate surface area is 143 Å². The number of hydrogen-bond acceptors (Lipinski definition) is 6. The van der Waals surface area contributed by atoms with Crippen LogP contribution >= 0.6 is 0 Å². The first-order chi connectivity index (χ1) is 11.2. The van der Waals surface area contributed by atoms with E-state index < -0.39 is 23.4 Å². The van der Waals surface area contributed by atoms with Gasteiger partial charge in [-0.3, -0.25) is 0 Å². The molecule has 2 unspecified atom stereocenters. The largest absolute Gasteiger partial charge is 0.487 e. The van der Waals surface area contributed by atoms with E-state index in [-0.39, 0.29) is 26.4 Å². The second-order valence-corrected chi connectivity index (χ2v) is 7.02. The lowest BCUT2D eigenvalue weighted by molar-refractivity contribution is -0.197. The van der Waals surface area contributed by atoms with Gasteiger partial charge in [-0.2, -0.15) is 0 Å². The smallest absolute Gasteiger partial charge is 0.161 e. The van der Waals surface area contributed by atoms with Crippen LogP contribution in [0.5, 0.6) is 11.5 Å². The normalized spacial score (nSPS) is 27.9. The molecule has 6 nitrogen and oxygen atoms in total. The van der Waals surface area contributed by atoms with Crippen molar-refractivity contribution in [1.29, 1.82) is 0 Å². The van der Waals surface area contributed by atoms with Gasteiger partial charge in [-0.25, -0.2) is 0 Å². The summed E-state index contributed by atoms with van der Waals surface area (Å²) in [5.41, 5.74) is -1.31. The van der Waals surface area contributed by atoms with E-state index in [4.69, 9.17) is 18.9 Å². The van der Waals surface area contributed by atoms with Crippen molar-refractivity contribution in [2.24, 2.45) is 0 Å². The van der Waals surface area contributed by atoms with Gasteiger partial charge < -0.3 is 29.2 Å². The number of hydrogen-bond donors (Lipinski definition) is 2. The summed E-state index contributed by atoms with van der Waals surface area (Å²) in [5.74, 6) is 1.03. The molecule has 0 bridgehead atoms. The SMILES string of the molecule is CC1(C)OCC(O)COc2ccccc2OCC(O)COC1(C)C. The number of para-hydroxylation sites is 2. The summed E-state index contributed by atoms with van der Waals surface area (Å²) in [6.45, 7) is 7.97. The van der Waals surface area contributed by atoms with Crippen LogP contribution in [-0.2, 0) is 9.47 Å². The van der Waals surface area contributed by atoms with Crippen molar-refractivity contribution in [3.63, 3.8) is 0 Å². The van der Waals surface area contributed by atoms with E-state index in [1.165, 1.54) is 0 Å². The monoisotopic (exact) mass is 340 g/mol. The molecule has 136 valence electrons. The van der Waals surface area contributed by atoms with E-state index in [0.29, 0.717) is 11.5 Å². The zero-order valence-corrected chi connectivity index (χ0v) is 14.8. The molecule has 0 aliphatic carbocycles. The molecule has 6 heteroatoms. The molecule has 1 heterocycles. The third-order valence-electron chi connectivity index (χ3n) is 4.43. The van der Waals surface area contributed by atoms with Crippen LogP contribution in [0.25, 0.3) is 0 Å². The summed E-state index contributed by atoms with van der Waals surface area (Å²) < 4.78 is 23.0. The average Bonchev–Trinajstić information content (AvgIpc) is 2.54. The molecule has 24 heavy (non-hydrogen) atoms. The fourth-order valence-corrected chi connectivity index (χ4v) is 2.11. The lowest BCUT2D eigenvalue weighted by Crippen LogP contribution is -2.51. The van der Waals surface area contributed by atoms with Crippen molar-refractivity contribution in [2.45, 2.75) is 51.1 Å². The Morgan fingerprint density at radius 2 is 1.12 bits per heavy atom. The van der Waals surface area contributed by atoms with E-state index in [9.17, 15) is 10.2 Å². The highest BCUT2D eigenvalue weighted by Crippen LogP contribution is 2.30. The summed E-state index contributed by atoms with van der Waals surface area (Å²) in [5, 5.41) is 20.2. The molecule has 1 aromatic carbocycles. The van der Waals surface area contributed by atoms with Crippen LogP contribution in [0.2, 0.25) is 0 Å². The van der Waals surface area contributed by atoms with Gasteiger partial charge in [0.05, 0.1) is 24.4 Å². The van der Waals surface area contributed by atoms with E-state index in [0.717, 1.165) is 0 Å². The maximum Gasteiger partial charge on any atom is 0.161 e. The van der Waals surface area contributed by atoms with Gasteiger partial charge in [0.1, 0.15) is 25.4 Å². The summed E-state index contributed by atoms with van der Waals surface area (Å²) in [4.78, 5) is 0. The van der Waals surface area contributed by atoms with Gasteiger partial charge in [-0.15, -0.1) is 0 Å². The molecule has 0 saturated heterocycles. The molecule has 1 aliphatic rings. The summed E-state index contributed by atoms with van der Waals surface area (Å²) in [6, 6.07) is 7.15. The second-order valence-electron chi connectivity index (χ2n) is 7.02. The van der Waals surface area contributed by atoms with E-state index in [1.54, 1.807) is 12.1 Å². The fourth-order valence-electron chi connectivity index (χ4n) is 2.11. The Kier molecular flexibility index (Phi) is 6.09. The van der Waals surface area contributed by atoms with E-state index in [1.807, 2.05) is 39.8 Å². The predicted octanol–water partition coefficient (Wildman–Crippen LogP) is 1.77. The molecular formula is C18H28O6. The van der Waals surface area contributed by atoms with Crippen LogP contribution in [0.1, 0.15) is 27.7 Å². The minimum Gasteiger partial charge on any atom is -0.487 e. The third kappa shape index (κ3) is 4.83. The first kappa shape index (κ1) is 19.0. The minimum atomic E-state index is -0.776. The highest BCUT2D eigenvalue weighted by atomic mass is 16.6. The molecule has 0 saturated carbocycles. The van der Waals surface area contributed by atoms with Crippen LogP contribution in [0.4, 0.5) is 0 Å². The highest BCUT2D eigenvalue weighted by Gasteiger charge is 2.40. The molecule has 0 amide bonds. The maximum absolute atomic E-state index is 10.1. The molecule has 2 rings (SSSR count). The highest BCUT2D eigenvalue weighted by molar-refractivity contribution is 5.39. The van der Waals surface area contributed by atoms with Crippen LogP contribution in [0.3, 0.4) is 0 Å². The molecule has 0 aromatic heterocycles. The Balaban J connectivity index is 2.16. The van der Waals surface area contributed by atoms with Crippen LogP contribution < -0.4 is 9.47 Å². The van der Waals surface area contributed by atoms with Crippen molar-refractivity contribution >= 4 is 0 Å². The molecule has 0 spiro atoms. The molecule has 0 radical (unpaired) electrons. The molecular weight excluding hydrogens is 312 g/mol. The molecule has 1 aromatic rings. The van der Waals surface area contributed by atoms with Gasteiger partial charge in [-0.05, 0) is 39.8 Å². The zero-order chi connectivity index (χ0) is 17.8. The number of aliphatic hydroxyl groups excluding tert-OH is 2. The number of aliphatic hydroxyl groups is 2. The van der Waals surface area contributed by atoms with Gasteiger partial charge >= 0.3 is 0 Å². The summed E-state index contributed by atoms with van der Waals surface area (Å²) in [7, 11) is 0. The summed E-state index contributed by atoms with van der Waals surface area (Å²) >= 11 is 0. The van der Waals surface area contributed by atoms with Gasteiger partial charge in [0.2, 0.25) is 0 Å². The third-order valence-corrected chi connectivity index (χ3v) is 4.43. The first-order valence-corrected chi connectivity index (χ1v) is 8.20. The number of rotatable bonds is 0. The van der Waals surface area contributed by atoms with E-state index in [2.05, 4.69) is 0 Å². The van der Waals surface area contributed by atoms with Crippen molar-refractivity contribution in [3.05, 3.63) is 24.3 Å². The van der Waals surface area contributed by atoms with Crippen molar-refractivity contribution in [3.8, 4) is 11.5 Å². The van der Waals surface area contributed by atoms with Crippen molar-refractivity contribution < 1.29 is 29.2 Å². The zero-order valence-electron chi connectivity index (χ0n) is 14.8. The van der Waals surface area contributed by atoms with Gasteiger partial charge in [0, 0.05) is 0 Å². The standard InChI is InChI=1S/C18H28O6/c1-17(2)18(3,4)24-12-14(20)10-22-16-8-6-5-7-15(16)21-9-13(19)11-23-17/h5-8,13-14,19-20H,9-12H2,1-4H3. The second kappa shape index (κ2) is 7.70. The average molecular weight is 340 g/mol. The lowest BCUT2D eigenvalue weighted by atomic mass is 9.89. The Bertz CT molecular complexity index is 481. The van der Waals surface area contributed by atoms with Crippen LogP contribution in [-0.4, -0.2) is 60.1 Å². The Morgan fingerprint density at radius 3 is 1.50 bits per heavy atom. The van der Waals surface area contributed by atoms with Gasteiger partial charge in [0.15, 0.2) is 11.5 Å². The molecule has 0 fully saturated rings. The molecule has 2 atom stereocenters. The number of benzene rings is 1. The number of ether oxygens (including phenoxy) is 4. The fraction of sp³-hybridized carbons (Fsp3) is 0.667. The number of fused-ring (bicyclic) bond motifs is 1. The van der Waals surface area contributed by atoms with Crippen LogP contribution in [0.15, 0.2) is 24.3 Å². The quantitative estimate of drug-likeness (QED) is 0.749. The topological polar surface area (TPSA) is 77.4 Å². The van der Waals surface area contributed by atoms with Crippen LogP contribution in [0, 0.1) is 0 Å². The predicted molar refractivity (Wildman–Crippen MR) is 89.5 cm³/mol. The molecule has 2 N–H and O–H groups in total. The van der Waals surface area contributed by atoms with Crippen molar-refractivity contribution in [2.75, 3.05) is 26.4 Å². The first-order valence-electron chi connectivity index (χ1n) is 8.20. The van der Waals surface area contributed by atoms with E-state index >= 15 is 0 Å². The lowest BCUT2D eigenvalue weighted by Gasteiger charge is -2.42. The van der Waals surface area contributed by atoms with Crippen molar-refractivity contribution in [1.82, 2.24) is 0 Å². The maximum atomic E-state index is 10.1. The Morgan fingerprint density at radius 1 is 0.750 bits per heavy atom.